The first kappa shape index (κ1) is 12.8. The van der Waals surface area contributed by atoms with E-state index in [0.717, 1.165) is 31.6 Å². The number of rotatable bonds is 3. The van der Waals surface area contributed by atoms with Crippen molar-refractivity contribution in [3.05, 3.63) is 24.0 Å². The third kappa shape index (κ3) is 2.79. The summed E-state index contributed by atoms with van der Waals surface area (Å²) in [4.78, 5) is 18.2. The standard InChI is InChI=1S/C13H19N3O2/c1-14-10-3-6-15-12(9-10)13(17)16-7-4-11(18-2)5-8-16/h3,6,9,11H,4-5,7-8H2,1-2H3,(H,14,15). The number of carbonyl (C=O) groups is 1. The average molecular weight is 249 g/mol. The van der Waals surface area contributed by atoms with E-state index in [0.29, 0.717) is 5.69 Å². The second-order valence-corrected chi connectivity index (χ2v) is 4.41. The van der Waals surface area contributed by atoms with E-state index in [-0.39, 0.29) is 12.0 Å². The summed E-state index contributed by atoms with van der Waals surface area (Å²) in [6, 6.07) is 3.62. The number of piperidine rings is 1. The van der Waals surface area contributed by atoms with Gasteiger partial charge in [0.2, 0.25) is 0 Å². The molecule has 0 bridgehead atoms. The van der Waals surface area contributed by atoms with Crippen molar-refractivity contribution in [2.45, 2.75) is 18.9 Å². The van der Waals surface area contributed by atoms with Crippen molar-refractivity contribution in [3.8, 4) is 0 Å². The van der Waals surface area contributed by atoms with Gasteiger partial charge in [-0.05, 0) is 25.0 Å². The molecule has 0 saturated carbocycles. The third-order valence-electron chi connectivity index (χ3n) is 3.33. The van der Waals surface area contributed by atoms with Crippen molar-refractivity contribution >= 4 is 11.6 Å². The summed E-state index contributed by atoms with van der Waals surface area (Å²) in [6.07, 6.45) is 3.73. The smallest absolute Gasteiger partial charge is 0.272 e. The molecule has 1 aromatic heterocycles. The summed E-state index contributed by atoms with van der Waals surface area (Å²) in [7, 11) is 3.55. The van der Waals surface area contributed by atoms with Crippen molar-refractivity contribution in [2.75, 3.05) is 32.6 Å². The lowest BCUT2D eigenvalue weighted by molar-refractivity contribution is 0.0347. The molecule has 1 amide bonds. The number of amides is 1. The highest BCUT2D eigenvalue weighted by Crippen LogP contribution is 2.16. The Bertz CT molecular complexity index is 414. The first-order chi connectivity index (χ1) is 8.74. The van der Waals surface area contributed by atoms with Crippen LogP contribution in [0.15, 0.2) is 18.3 Å². The fraction of sp³-hybridized carbons (Fsp3) is 0.538. The summed E-state index contributed by atoms with van der Waals surface area (Å²) in [5.74, 6) is 0.00153. The highest BCUT2D eigenvalue weighted by atomic mass is 16.5. The Hall–Kier alpha value is -1.62. The number of pyridine rings is 1. The van der Waals surface area contributed by atoms with Crippen LogP contribution in [-0.4, -0.2) is 49.1 Å². The van der Waals surface area contributed by atoms with Crippen LogP contribution in [0.25, 0.3) is 0 Å². The lowest BCUT2D eigenvalue weighted by atomic mass is 10.1. The van der Waals surface area contributed by atoms with Crippen LogP contribution >= 0.6 is 0 Å². The first-order valence-electron chi connectivity index (χ1n) is 6.20. The summed E-state index contributed by atoms with van der Waals surface area (Å²) < 4.78 is 5.30. The maximum Gasteiger partial charge on any atom is 0.272 e. The number of ether oxygens (including phenoxy) is 1. The lowest BCUT2D eigenvalue weighted by Gasteiger charge is -2.31. The van der Waals surface area contributed by atoms with Gasteiger partial charge in [-0.2, -0.15) is 0 Å². The minimum absolute atomic E-state index is 0.00153. The number of likely N-dealkylation sites (tertiary alicyclic amines) is 1. The number of carbonyl (C=O) groups excluding carboxylic acids is 1. The van der Waals surface area contributed by atoms with E-state index >= 15 is 0 Å². The van der Waals surface area contributed by atoms with Crippen molar-refractivity contribution in [3.63, 3.8) is 0 Å². The van der Waals surface area contributed by atoms with E-state index in [1.54, 1.807) is 19.4 Å². The number of aromatic nitrogens is 1. The molecule has 18 heavy (non-hydrogen) atoms. The zero-order chi connectivity index (χ0) is 13.0. The maximum atomic E-state index is 12.3. The van der Waals surface area contributed by atoms with Gasteiger partial charge in [-0.15, -0.1) is 0 Å². The van der Waals surface area contributed by atoms with Gasteiger partial charge in [0.1, 0.15) is 5.69 Å². The van der Waals surface area contributed by atoms with E-state index in [1.807, 2.05) is 18.0 Å². The molecule has 2 heterocycles. The minimum Gasteiger partial charge on any atom is -0.388 e. The molecule has 1 aliphatic heterocycles. The van der Waals surface area contributed by atoms with Crippen LogP contribution in [0.5, 0.6) is 0 Å². The van der Waals surface area contributed by atoms with Gasteiger partial charge in [0.05, 0.1) is 6.10 Å². The van der Waals surface area contributed by atoms with E-state index in [1.165, 1.54) is 0 Å². The molecular formula is C13H19N3O2. The average Bonchev–Trinajstić information content (AvgIpc) is 2.46. The molecular weight excluding hydrogens is 230 g/mol. The molecule has 0 spiro atoms. The van der Waals surface area contributed by atoms with E-state index in [4.69, 9.17) is 4.74 Å². The highest BCUT2D eigenvalue weighted by Gasteiger charge is 2.24. The van der Waals surface area contributed by atoms with Crippen LogP contribution in [0.3, 0.4) is 0 Å². The Morgan fingerprint density at radius 3 is 2.83 bits per heavy atom. The highest BCUT2D eigenvalue weighted by molar-refractivity contribution is 5.93. The second-order valence-electron chi connectivity index (χ2n) is 4.41. The minimum atomic E-state index is 0.00153. The normalized spacial score (nSPS) is 16.7. The summed E-state index contributed by atoms with van der Waals surface area (Å²) in [6.45, 7) is 1.48. The third-order valence-corrected chi connectivity index (χ3v) is 3.33. The monoisotopic (exact) mass is 249 g/mol. The second kappa shape index (κ2) is 5.82. The Morgan fingerprint density at radius 2 is 2.22 bits per heavy atom. The molecule has 98 valence electrons. The molecule has 0 atom stereocenters. The van der Waals surface area contributed by atoms with Crippen LogP contribution in [0.2, 0.25) is 0 Å². The van der Waals surface area contributed by atoms with Gasteiger partial charge >= 0.3 is 0 Å². The van der Waals surface area contributed by atoms with Crippen molar-refractivity contribution in [1.29, 1.82) is 0 Å². The van der Waals surface area contributed by atoms with Crippen LogP contribution in [0.1, 0.15) is 23.3 Å². The molecule has 1 aromatic rings. The van der Waals surface area contributed by atoms with Gasteiger partial charge < -0.3 is 15.0 Å². The van der Waals surface area contributed by atoms with Crippen LogP contribution in [-0.2, 0) is 4.74 Å². The van der Waals surface area contributed by atoms with Gasteiger partial charge in [0.15, 0.2) is 0 Å². The van der Waals surface area contributed by atoms with E-state index in [9.17, 15) is 4.79 Å². The fourth-order valence-electron chi connectivity index (χ4n) is 2.16. The molecule has 1 saturated heterocycles. The number of hydrogen-bond acceptors (Lipinski definition) is 4. The van der Waals surface area contributed by atoms with Crippen molar-refractivity contribution in [2.24, 2.45) is 0 Å². The molecule has 5 nitrogen and oxygen atoms in total. The first-order valence-corrected chi connectivity index (χ1v) is 6.20. The Kier molecular flexibility index (Phi) is 4.15. The zero-order valence-electron chi connectivity index (χ0n) is 10.8. The van der Waals surface area contributed by atoms with Crippen molar-refractivity contribution in [1.82, 2.24) is 9.88 Å². The maximum absolute atomic E-state index is 12.3. The largest absolute Gasteiger partial charge is 0.388 e. The van der Waals surface area contributed by atoms with Gasteiger partial charge in [0.25, 0.3) is 5.91 Å². The number of methoxy groups -OCH3 is 1. The van der Waals surface area contributed by atoms with Gasteiger partial charge in [-0.3, -0.25) is 9.78 Å². The SMILES string of the molecule is CNc1ccnc(C(=O)N2CCC(OC)CC2)c1. The molecule has 1 aliphatic rings. The molecule has 0 aliphatic carbocycles. The number of nitrogens with one attached hydrogen (secondary N) is 1. The van der Waals surface area contributed by atoms with Crippen LogP contribution in [0, 0.1) is 0 Å². The zero-order valence-corrected chi connectivity index (χ0v) is 10.8. The predicted molar refractivity (Wildman–Crippen MR) is 69.7 cm³/mol. The summed E-state index contributed by atoms with van der Waals surface area (Å²) in [5.41, 5.74) is 1.40. The van der Waals surface area contributed by atoms with Gasteiger partial charge in [0, 0.05) is 39.1 Å². The molecule has 0 radical (unpaired) electrons. The fourth-order valence-corrected chi connectivity index (χ4v) is 2.16. The Morgan fingerprint density at radius 1 is 1.50 bits per heavy atom. The summed E-state index contributed by atoms with van der Waals surface area (Å²) in [5, 5.41) is 3.01. The Labute approximate surface area is 107 Å². The van der Waals surface area contributed by atoms with Gasteiger partial charge in [-0.1, -0.05) is 0 Å². The molecule has 0 unspecified atom stereocenters. The predicted octanol–water partition coefficient (Wildman–Crippen LogP) is 1.37. The number of hydrogen-bond donors (Lipinski definition) is 1. The van der Waals surface area contributed by atoms with E-state index < -0.39 is 0 Å². The molecule has 1 fully saturated rings. The van der Waals surface area contributed by atoms with Gasteiger partial charge in [-0.25, -0.2) is 0 Å². The van der Waals surface area contributed by atoms with Crippen LogP contribution < -0.4 is 5.32 Å². The number of anilines is 1. The molecule has 5 heteroatoms. The molecule has 2 rings (SSSR count). The van der Waals surface area contributed by atoms with Crippen LogP contribution in [0.4, 0.5) is 5.69 Å². The van der Waals surface area contributed by atoms with E-state index in [2.05, 4.69) is 10.3 Å². The Balaban J connectivity index is 2.03. The molecule has 1 N–H and O–H groups in total. The van der Waals surface area contributed by atoms with Crippen molar-refractivity contribution < 1.29 is 9.53 Å². The topological polar surface area (TPSA) is 54.5 Å². The quantitative estimate of drug-likeness (QED) is 0.879. The summed E-state index contributed by atoms with van der Waals surface area (Å²) >= 11 is 0. The lowest BCUT2D eigenvalue weighted by Crippen LogP contribution is -2.40. The number of nitrogens with zero attached hydrogens (tertiary/aromatic N) is 2. The molecule has 0 aromatic carbocycles.